The number of amides is 3. The van der Waals surface area contributed by atoms with E-state index in [-0.39, 0.29) is 24.3 Å². The van der Waals surface area contributed by atoms with Crippen molar-refractivity contribution in [3.8, 4) is 0 Å². The molecule has 1 saturated heterocycles. The van der Waals surface area contributed by atoms with Crippen LogP contribution in [0, 0.1) is 5.92 Å². The van der Waals surface area contributed by atoms with E-state index in [4.69, 9.17) is 10.5 Å². The minimum atomic E-state index is -3.30. The van der Waals surface area contributed by atoms with Crippen molar-refractivity contribution in [2.24, 2.45) is 16.6 Å². The summed E-state index contributed by atoms with van der Waals surface area (Å²) in [4.78, 5) is 40.9. The van der Waals surface area contributed by atoms with Crippen molar-refractivity contribution in [2.45, 2.75) is 43.8 Å². The van der Waals surface area contributed by atoms with Gasteiger partial charge in [0.15, 0.2) is 0 Å². The van der Waals surface area contributed by atoms with Gasteiger partial charge in [0.1, 0.15) is 11.8 Å². The zero-order valence-electron chi connectivity index (χ0n) is 16.7. The number of halogens is 4. The molecule has 172 valence electrons. The summed E-state index contributed by atoms with van der Waals surface area (Å²) in [5.41, 5.74) is 6.63. The van der Waals surface area contributed by atoms with Gasteiger partial charge in [0, 0.05) is 30.7 Å². The van der Waals surface area contributed by atoms with Gasteiger partial charge in [-0.2, -0.15) is 13.8 Å². The van der Waals surface area contributed by atoms with Crippen molar-refractivity contribution < 1.29 is 36.7 Å². The lowest BCUT2D eigenvalue weighted by Crippen LogP contribution is -2.57. The molecule has 4 rings (SSSR count). The van der Waals surface area contributed by atoms with Gasteiger partial charge < -0.3 is 20.7 Å². The maximum atomic E-state index is 13.2. The highest BCUT2D eigenvalue weighted by Crippen LogP contribution is 2.48. The number of amidine groups is 1. The Morgan fingerprint density at radius 1 is 1.31 bits per heavy atom. The van der Waals surface area contributed by atoms with Crippen LogP contribution < -0.4 is 11.1 Å². The summed E-state index contributed by atoms with van der Waals surface area (Å²) in [6.07, 6.45) is -3.43. The van der Waals surface area contributed by atoms with E-state index in [9.17, 15) is 31.9 Å². The quantitative estimate of drug-likeness (QED) is 0.391. The number of carbonyl (C=O) groups excluding carboxylic acids is 3. The van der Waals surface area contributed by atoms with Crippen LogP contribution in [0.4, 0.5) is 17.6 Å². The number of aliphatic imine (C=N–C) groups is 1. The fraction of sp³-hybridized carbons (Fsp3) is 0.500. The first-order valence-electron chi connectivity index (χ1n) is 9.95. The molecule has 8 nitrogen and oxygen atoms in total. The number of alkyl halides is 4. The molecule has 12 heteroatoms. The van der Waals surface area contributed by atoms with E-state index in [0.717, 1.165) is 0 Å². The maximum absolute atomic E-state index is 13.2. The number of carbonyl (C=O) groups is 3. The molecule has 0 radical (unpaired) electrons. The first-order valence-corrected chi connectivity index (χ1v) is 9.95. The lowest BCUT2D eigenvalue weighted by Gasteiger charge is -2.38. The van der Waals surface area contributed by atoms with E-state index in [1.807, 2.05) is 0 Å². The minimum absolute atomic E-state index is 0.116. The maximum Gasteiger partial charge on any atom is 0.317 e. The summed E-state index contributed by atoms with van der Waals surface area (Å²) in [5.74, 6) is -7.63. The normalized spacial score (nSPS) is 26.8. The number of rotatable bonds is 5. The Labute approximate surface area is 179 Å². The van der Waals surface area contributed by atoms with Crippen LogP contribution in [0.15, 0.2) is 23.2 Å². The van der Waals surface area contributed by atoms with E-state index < -0.39 is 60.3 Å². The van der Waals surface area contributed by atoms with Crippen molar-refractivity contribution in [3.63, 3.8) is 0 Å². The number of nitrogens with zero attached hydrogens (tertiary/aromatic N) is 2. The van der Waals surface area contributed by atoms with Crippen LogP contribution in [0.2, 0.25) is 0 Å². The van der Waals surface area contributed by atoms with E-state index >= 15 is 0 Å². The summed E-state index contributed by atoms with van der Waals surface area (Å²) in [6.45, 7) is 0.610. The van der Waals surface area contributed by atoms with Crippen LogP contribution in [-0.4, -0.2) is 66.1 Å². The van der Waals surface area contributed by atoms with E-state index in [1.54, 1.807) is 6.07 Å². The number of fused-ring (bicyclic) bond motifs is 1. The monoisotopic (exact) mass is 456 g/mol. The van der Waals surface area contributed by atoms with Gasteiger partial charge >= 0.3 is 12.3 Å². The van der Waals surface area contributed by atoms with Gasteiger partial charge in [0.25, 0.3) is 11.8 Å². The lowest BCUT2D eigenvalue weighted by molar-refractivity contribution is -0.128. The van der Waals surface area contributed by atoms with E-state index in [2.05, 4.69) is 10.3 Å². The van der Waals surface area contributed by atoms with Crippen LogP contribution >= 0.6 is 0 Å². The molecule has 32 heavy (non-hydrogen) atoms. The SMILES string of the molecule is NC(=NC(=O)C(F)F)c1ccc2c(c1)C(=O)N([C@@H]1COCC[C@@H]1NC(=O)C1CC1(F)F)C2. The van der Waals surface area contributed by atoms with Crippen LogP contribution in [0.1, 0.15) is 34.3 Å². The highest BCUT2D eigenvalue weighted by molar-refractivity contribution is 6.07. The average molecular weight is 456 g/mol. The lowest BCUT2D eigenvalue weighted by atomic mass is 10.0. The molecule has 3 atom stereocenters. The molecule has 0 aromatic heterocycles. The highest BCUT2D eigenvalue weighted by Gasteiger charge is 2.61. The molecule has 1 unspecified atom stereocenters. The van der Waals surface area contributed by atoms with Crippen molar-refractivity contribution in [1.29, 1.82) is 0 Å². The molecule has 0 bridgehead atoms. The number of hydrogen-bond acceptors (Lipinski definition) is 4. The van der Waals surface area contributed by atoms with Gasteiger partial charge in [-0.05, 0) is 18.1 Å². The molecule has 1 saturated carbocycles. The van der Waals surface area contributed by atoms with Crippen LogP contribution in [0.25, 0.3) is 0 Å². The summed E-state index contributed by atoms with van der Waals surface area (Å²) < 4.78 is 56.7. The Balaban J connectivity index is 1.51. The molecular formula is C20H20F4N4O4. The Morgan fingerprint density at radius 2 is 2.03 bits per heavy atom. The molecule has 1 aliphatic carbocycles. The van der Waals surface area contributed by atoms with Crippen molar-refractivity contribution >= 4 is 23.6 Å². The minimum Gasteiger partial charge on any atom is -0.383 e. The van der Waals surface area contributed by atoms with Crippen molar-refractivity contribution in [1.82, 2.24) is 10.2 Å². The van der Waals surface area contributed by atoms with Crippen LogP contribution in [0.5, 0.6) is 0 Å². The second-order valence-electron chi connectivity index (χ2n) is 8.00. The molecule has 3 N–H and O–H groups in total. The standard InChI is InChI=1S/C20H20F4N4O4/c21-15(22)18(30)27-16(25)9-1-2-10-7-28(19(31)11(10)5-9)14-8-32-4-3-13(14)26-17(29)12-6-20(12,23)24/h1-2,5,12-15H,3-4,6-8H2,(H,26,29)(H2,25,27,30)/t12?,13-,14+/m0/s1. The van der Waals surface area contributed by atoms with Gasteiger partial charge in [-0.3, -0.25) is 14.4 Å². The number of ether oxygens (including phenoxy) is 1. The fourth-order valence-electron chi connectivity index (χ4n) is 3.96. The summed E-state index contributed by atoms with van der Waals surface area (Å²) in [5, 5.41) is 2.63. The number of nitrogens with two attached hydrogens (primary N) is 1. The largest absolute Gasteiger partial charge is 0.383 e. The predicted octanol–water partition coefficient (Wildman–Crippen LogP) is 1.07. The van der Waals surface area contributed by atoms with Gasteiger partial charge in [-0.25, -0.2) is 8.78 Å². The average Bonchev–Trinajstić information content (AvgIpc) is 3.27. The second kappa shape index (κ2) is 8.15. The van der Waals surface area contributed by atoms with E-state index in [1.165, 1.54) is 17.0 Å². The molecule has 1 aromatic rings. The third-order valence-electron chi connectivity index (χ3n) is 5.85. The summed E-state index contributed by atoms with van der Waals surface area (Å²) >= 11 is 0. The number of nitrogens with one attached hydrogen (secondary N) is 1. The molecular weight excluding hydrogens is 436 g/mol. The molecule has 0 spiro atoms. The summed E-state index contributed by atoms with van der Waals surface area (Å²) in [7, 11) is 0. The number of hydrogen-bond donors (Lipinski definition) is 2. The fourth-order valence-corrected chi connectivity index (χ4v) is 3.96. The molecule has 3 amide bonds. The van der Waals surface area contributed by atoms with Crippen LogP contribution in [0.3, 0.4) is 0 Å². The third-order valence-corrected chi connectivity index (χ3v) is 5.85. The Bertz CT molecular complexity index is 1000. The first-order chi connectivity index (χ1) is 15.1. The Hall–Kier alpha value is -3.02. The number of benzene rings is 1. The molecule has 2 fully saturated rings. The summed E-state index contributed by atoms with van der Waals surface area (Å²) in [6, 6.07) is 3.26. The van der Waals surface area contributed by atoms with Crippen molar-refractivity contribution in [3.05, 3.63) is 34.9 Å². The smallest absolute Gasteiger partial charge is 0.317 e. The topological polar surface area (TPSA) is 114 Å². The first kappa shape index (κ1) is 22.2. The van der Waals surface area contributed by atoms with Gasteiger partial charge in [-0.1, -0.05) is 12.1 Å². The highest BCUT2D eigenvalue weighted by atomic mass is 19.3. The van der Waals surface area contributed by atoms with Gasteiger partial charge in [0.05, 0.1) is 18.7 Å². The van der Waals surface area contributed by atoms with Gasteiger partial charge in [-0.15, -0.1) is 0 Å². The molecule has 3 aliphatic rings. The Morgan fingerprint density at radius 3 is 2.69 bits per heavy atom. The third kappa shape index (κ3) is 4.18. The second-order valence-corrected chi connectivity index (χ2v) is 8.00. The van der Waals surface area contributed by atoms with Gasteiger partial charge in [0.2, 0.25) is 5.91 Å². The van der Waals surface area contributed by atoms with Crippen LogP contribution in [-0.2, 0) is 20.9 Å². The molecule has 2 aliphatic heterocycles. The Kier molecular flexibility index (Phi) is 5.65. The van der Waals surface area contributed by atoms with E-state index in [0.29, 0.717) is 18.6 Å². The zero-order chi connectivity index (χ0) is 23.2. The zero-order valence-corrected chi connectivity index (χ0v) is 16.7. The predicted molar refractivity (Wildman–Crippen MR) is 102 cm³/mol. The molecule has 1 aromatic carbocycles. The molecule has 2 heterocycles. The van der Waals surface area contributed by atoms with Crippen molar-refractivity contribution in [2.75, 3.05) is 13.2 Å².